The Hall–Kier alpha value is -2.41. The van der Waals surface area contributed by atoms with Gasteiger partial charge < -0.3 is 9.47 Å². The fraction of sp³-hybridized carbons (Fsp3) is 0.550. The molecule has 0 spiro atoms. The molecule has 2 aliphatic rings. The first kappa shape index (κ1) is 18.4. The predicted octanol–water partition coefficient (Wildman–Crippen LogP) is 0.855. The van der Waals surface area contributed by atoms with Gasteiger partial charge in [0.1, 0.15) is 0 Å². The molecule has 26 heavy (non-hydrogen) atoms. The highest BCUT2D eigenvalue weighted by Gasteiger charge is 3.03. The molecule has 1 heterocycles. The number of hydrogen-bond acceptors (Lipinski definition) is 5. The van der Waals surface area contributed by atoms with Crippen LogP contribution in [0.5, 0.6) is 0 Å². The highest BCUT2D eigenvalue weighted by molar-refractivity contribution is 5.97. The van der Waals surface area contributed by atoms with Gasteiger partial charge in [-0.15, -0.1) is 0 Å². The van der Waals surface area contributed by atoms with Crippen LogP contribution < -0.4 is 10.7 Å². The summed E-state index contributed by atoms with van der Waals surface area (Å²) in [6, 6.07) is 12.7. The van der Waals surface area contributed by atoms with E-state index in [0.717, 1.165) is 11.1 Å². The van der Waals surface area contributed by atoms with Crippen LogP contribution in [0, 0.1) is 40.4 Å². The molecule has 0 bridgehead atoms. The zero-order valence-electron chi connectivity index (χ0n) is 15.7. The summed E-state index contributed by atoms with van der Waals surface area (Å²) in [5, 5.41) is 20.6. The van der Waals surface area contributed by atoms with Crippen molar-refractivity contribution in [2.75, 3.05) is 13.2 Å². The maximum absolute atomic E-state index is 10.4. The highest BCUT2D eigenvalue weighted by atomic mass is 16.7. The molecule has 0 amide bonds. The lowest BCUT2D eigenvalue weighted by Gasteiger charge is -2.33. The van der Waals surface area contributed by atoms with Crippen molar-refractivity contribution in [1.82, 2.24) is 0 Å². The third kappa shape index (κ3) is 1.60. The third-order valence-electron chi connectivity index (χ3n) is 6.08. The van der Waals surface area contributed by atoms with Crippen molar-refractivity contribution in [2.24, 2.45) is 16.6 Å². The number of ether oxygens (including phenoxy) is 2. The topological polar surface area (TPSA) is 106 Å². The number of nitrogens with zero attached hydrogens (tertiary/aromatic N) is 2. The normalized spacial score (nSPS) is 33.7. The molecule has 1 aromatic carbocycles. The SMILES string of the molecule is CCOC1(OCC)[NH+]=C(N)[C@@]2(C#N)[C@](CC)(c3ccc(C)cc3)[C@@]12C#N. The molecule has 1 aliphatic heterocycles. The van der Waals surface area contributed by atoms with Gasteiger partial charge in [-0.05, 0) is 32.8 Å². The highest BCUT2D eigenvalue weighted by Crippen LogP contribution is 2.83. The summed E-state index contributed by atoms with van der Waals surface area (Å²) in [5.74, 6) is -1.21. The van der Waals surface area contributed by atoms with Crippen molar-refractivity contribution >= 4 is 5.84 Å². The lowest BCUT2D eigenvalue weighted by molar-refractivity contribution is -0.694. The first-order chi connectivity index (χ1) is 12.4. The van der Waals surface area contributed by atoms with Gasteiger partial charge in [0.2, 0.25) is 0 Å². The summed E-state index contributed by atoms with van der Waals surface area (Å²) < 4.78 is 11.9. The molecule has 0 aromatic heterocycles. The van der Waals surface area contributed by atoms with Gasteiger partial charge in [0, 0.05) is 0 Å². The van der Waals surface area contributed by atoms with E-state index in [9.17, 15) is 10.5 Å². The number of amidine groups is 1. The van der Waals surface area contributed by atoms with Gasteiger partial charge in [0.15, 0.2) is 10.8 Å². The molecule has 1 aliphatic carbocycles. The summed E-state index contributed by atoms with van der Waals surface area (Å²) in [4.78, 5) is 3.03. The average molecular weight is 353 g/mol. The molecule has 6 nitrogen and oxygen atoms in total. The second-order valence-electron chi connectivity index (χ2n) is 6.87. The van der Waals surface area contributed by atoms with Crippen LogP contribution in [0.25, 0.3) is 0 Å². The zero-order valence-corrected chi connectivity index (χ0v) is 15.7. The van der Waals surface area contributed by atoms with E-state index >= 15 is 0 Å². The minimum Gasteiger partial charge on any atom is -0.314 e. The van der Waals surface area contributed by atoms with Crippen LogP contribution in [0.2, 0.25) is 0 Å². The van der Waals surface area contributed by atoms with Gasteiger partial charge >= 0.3 is 5.91 Å². The largest absolute Gasteiger partial charge is 0.343 e. The molecular weight excluding hydrogens is 328 g/mol. The van der Waals surface area contributed by atoms with Crippen molar-refractivity contribution in [2.45, 2.75) is 45.4 Å². The van der Waals surface area contributed by atoms with E-state index in [1.165, 1.54) is 0 Å². The predicted molar refractivity (Wildman–Crippen MR) is 95.4 cm³/mol. The van der Waals surface area contributed by atoms with Crippen LogP contribution in [0.4, 0.5) is 0 Å². The van der Waals surface area contributed by atoms with Crippen molar-refractivity contribution in [3.8, 4) is 12.1 Å². The van der Waals surface area contributed by atoms with Crippen molar-refractivity contribution < 1.29 is 14.5 Å². The summed E-state index contributed by atoms with van der Waals surface area (Å²) in [5.41, 5.74) is 5.06. The number of hydrogen-bond donors (Lipinski definition) is 2. The van der Waals surface area contributed by atoms with E-state index in [-0.39, 0.29) is 5.84 Å². The summed E-state index contributed by atoms with van der Waals surface area (Å²) >= 11 is 0. The van der Waals surface area contributed by atoms with Gasteiger partial charge in [-0.3, -0.25) is 5.73 Å². The second kappa shape index (κ2) is 5.81. The Balaban J connectivity index is 2.35. The molecule has 3 atom stereocenters. The van der Waals surface area contributed by atoms with E-state index in [2.05, 4.69) is 17.1 Å². The average Bonchev–Trinajstić information content (AvgIpc) is 3.13. The minimum absolute atomic E-state index is 0.242. The number of nitrogens with two attached hydrogens (primary N) is 1. The Morgan fingerprint density at radius 3 is 2.04 bits per heavy atom. The molecule has 6 heteroatoms. The van der Waals surface area contributed by atoms with Crippen LogP contribution in [-0.4, -0.2) is 25.0 Å². The lowest BCUT2D eigenvalue weighted by Crippen LogP contribution is -2.91. The van der Waals surface area contributed by atoms with Gasteiger partial charge in [-0.2, -0.15) is 10.5 Å². The Morgan fingerprint density at radius 1 is 1.04 bits per heavy atom. The monoisotopic (exact) mass is 353 g/mol. The molecule has 3 N–H and O–H groups in total. The van der Waals surface area contributed by atoms with Crippen LogP contribution in [0.3, 0.4) is 0 Å². The molecule has 0 saturated heterocycles. The van der Waals surface area contributed by atoms with Crippen LogP contribution in [0.1, 0.15) is 38.3 Å². The number of rotatable bonds is 6. The molecule has 1 saturated carbocycles. The van der Waals surface area contributed by atoms with E-state index in [1.54, 1.807) is 0 Å². The third-order valence-corrected chi connectivity index (χ3v) is 6.08. The van der Waals surface area contributed by atoms with Crippen LogP contribution >= 0.6 is 0 Å². The Kier molecular flexibility index (Phi) is 4.10. The van der Waals surface area contributed by atoms with Gasteiger partial charge in [-0.1, -0.05) is 36.8 Å². The molecule has 0 unspecified atom stereocenters. The van der Waals surface area contributed by atoms with Crippen LogP contribution in [0.15, 0.2) is 24.3 Å². The fourth-order valence-corrected chi connectivity index (χ4v) is 5.19. The van der Waals surface area contributed by atoms with Crippen molar-refractivity contribution in [3.05, 3.63) is 35.4 Å². The van der Waals surface area contributed by atoms with E-state index in [4.69, 9.17) is 15.2 Å². The molecule has 0 radical (unpaired) electrons. The summed E-state index contributed by atoms with van der Waals surface area (Å²) in [6.45, 7) is 8.28. The number of nitriles is 2. The first-order valence-electron chi connectivity index (χ1n) is 9.02. The van der Waals surface area contributed by atoms with Crippen molar-refractivity contribution in [3.63, 3.8) is 0 Å². The fourth-order valence-electron chi connectivity index (χ4n) is 5.19. The smallest absolute Gasteiger partial charge is 0.314 e. The van der Waals surface area contributed by atoms with E-state index in [0.29, 0.717) is 19.6 Å². The Morgan fingerprint density at radius 2 is 1.62 bits per heavy atom. The zero-order chi connectivity index (χ0) is 19.2. The molecule has 3 rings (SSSR count). The lowest BCUT2D eigenvalue weighted by atomic mass is 9.80. The van der Waals surface area contributed by atoms with E-state index in [1.807, 2.05) is 52.0 Å². The van der Waals surface area contributed by atoms with Crippen LogP contribution in [-0.2, 0) is 14.9 Å². The van der Waals surface area contributed by atoms with E-state index < -0.39 is 22.2 Å². The maximum Gasteiger partial charge on any atom is 0.343 e. The maximum atomic E-state index is 10.4. The molecule has 136 valence electrons. The quantitative estimate of drug-likeness (QED) is 0.738. The number of benzene rings is 1. The first-order valence-corrected chi connectivity index (χ1v) is 9.02. The van der Waals surface area contributed by atoms with Gasteiger partial charge in [0.05, 0.1) is 30.8 Å². The Bertz CT molecular complexity index is 829. The number of nitrogens with one attached hydrogen (secondary N) is 1. The Labute approximate surface area is 154 Å². The second-order valence-corrected chi connectivity index (χ2v) is 6.87. The van der Waals surface area contributed by atoms with Crippen molar-refractivity contribution in [1.29, 1.82) is 10.5 Å². The molecule has 1 fully saturated rings. The number of fused-ring (bicyclic) bond motifs is 1. The summed E-state index contributed by atoms with van der Waals surface area (Å²) in [7, 11) is 0. The number of aryl methyl sites for hydroxylation is 1. The standard InChI is InChI=1S/C20H24N4O2/c1-5-17(15-10-8-14(4)9-11-15)18(12-21)16(23)24-20(25-6-2,26-7-3)19(17,18)13-22/h8-11H,5-7H2,1-4H3,(H2,23,24)/p+1/t17-,18-,19+/m0/s1. The molecular formula is C20H25N4O2+. The molecule has 1 aromatic rings. The summed E-state index contributed by atoms with van der Waals surface area (Å²) in [6.07, 6.45) is 0.557. The minimum atomic E-state index is -1.45. The van der Waals surface area contributed by atoms with Gasteiger partial charge in [0.25, 0.3) is 5.84 Å². The van der Waals surface area contributed by atoms with Gasteiger partial charge in [-0.25, -0.2) is 4.99 Å².